The van der Waals surface area contributed by atoms with E-state index in [0.717, 1.165) is 12.2 Å². The third-order valence-electron chi connectivity index (χ3n) is 3.40. The first-order valence-corrected chi connectivity index (χ1v) is 9.67. The molecule has 27 heavy (non-hydrogen) atoms. The standard InChI is InChI=1S/C18H36N4O5/c1-17(2)19-4-6-23-8-10-25-12-14-27-15-13-26-11-9-24-7-5-22-16-18(3)20-21-22/h16-17,19H,4-15H2,1-3H3. The first-order valence-electron chi connectivity index (χ1n) is 9.67. The van der Waals surface area contributed by atoms with Gasteiger partial charge in [0.05, 0.1) is 78.3 Å². The van der Waals surface area contributed by atoms with Gasteiger partial charge in [-0.1, -0.05) is 19.1 Å². The molecule has 158 valence electrons. The Labute approximate surface area is 162 Å². The van der Waals surface area contributed by atoms with E-state index in [-0.39, 0.29) is 0 Å². The Morgan fingerprint density at radius 3 is 1.74 bits per heavy atom. The molecule has 0 aliphatic heterocycles. The third-order valence-corrected chi connectivity index (χ3v) is 3.40. The Balaban J connectivity index is 1.68. The summed E-state index contributed by atoms with van der Waals surface area (Å²) in [7, 11) is 0. The van der Waals surface area contributed by atoms with Crippen LogP contribution in [0.2, 0.25) is 0 Å². The topological polar surface area (TPSA) is 88.9 Å². The fraction of sp³-hybridized carbons (Fsp3) is 0.889. The Kier molecular flexibility index (Phi) is 15.1. The van der Waals surface area contributed by atoms with Crippen molar-refractivity contribution < 1.29 is 23.7 Å². The lowest BCUT2D eigenvalue weighted by Crippen LogP contribution is -2.27. The first-order chi connectivity index (χ1) is 13.2. The Hall–Kier alpha value is -1.10. The molecule has 0 saturated carbocycles. The van der Waals surface area contributed by atoms with Crippen molar-refractivity contribution in [2.75, 3.05) is 72.6 Å². The molecule has 0 fully saturated rings. The molecule has 0 radical (unpaired) electrons. The molecule has 0 aliphatic rings. The molecule has 1 aromatic heterocycles. The van der Waals surface area contributed by atoms with Crippen molar-refractivity contribution in [2.45, 2.75) is 33.4 Å². The summed E-state index contributed by atoms with van der Waals surface area (Å²) in [5.74, 6) is 0. The van der Waals surface area contributed by atoms with E-state index in [2.05, 4.69) is 29.5 Å². The van der Waals surface area contributed by atoms with Crippen LogP contribution in [0.4, 0.5) is 0 Å². The fourth-order valence-electron chi connectivity index (χ4n) is 2.06. The SMILES string of the molecule is Cc1cn(CCOCCOCCOCCOCCOCCNC(C)C)nn1. The van der Waals surface area contributed by atoms with Crippen LogP contribution in [0.5, 0.6) is 0 Å². The van der Waals surface area contributed by atoms with Crippen molar-refractivity contribution in [2.24, 2.45) is 0 Å². The van der Waals surface area contributed by atoms with Crippen LogP contribution in [0, 0.1) is 6.92 Å². The first kappa shape index (κ1) is 23.9. The van der Waals surface area contributed by atoms with Crippen molar-refractivity contribution in [1.82, 2.24) is 20.3 Å². The lowest BCUT2D eigenvalue weighted by atomic mass is 10.4. The van der Waals surface area contributed by atoms with Gasteiger partial charge in [-0.15, -0.1) is 5.10 Å². The molecule has 9 heteroatoms. The van der Waals surface area contributed by atoms with E-state index >= 15 is 0 Å². The summed E-state index contributed by atoms with van der Waals surface area (Å²) in [4.78, 5) is 0. The zero-order valence-corrected chi connectivity index (χ0v) is 17.0. The smallest absolute Gasteiger partial charge is 0.0796 e. The van der Waals surface area contributed by atoms with Gasteiger partial charge >= 0.3 is 0 Å². The zero-order chi connectivity index (χ0) is 19.6. The molecule has 0 aromatic carbocycles. The van der Waals surface area contributed by atoms with Gasteiger partial charge in [0.1, 0.15) is 0 Å². The quantitative estimate of drug-likeness (QED) is 0.346. The van der Waals surface area contributed by atoms with Gasteiger partial charge in [-0.2, -0.15) is 0 Å². The second-order valence-electron chi connectivity index (χ2n) is 6.29. The molecule has 0 saturated heterocycles. The number of nitrogens with one attached hydrogen (secondary N) is 1. The molecule has 1 N–H and O–H groups in total. The minimum atomic E-state index is 0.494. The molecule has 1 aromatic rings. The van der Waals surface area contributed by atoms with Crippen LogP contribution in [0.1, 0.15) is 19.5 Å². The zero-order valence-electron chi connectivity index (χ0n) is 17.0. The normalized spacial score (nSPS) is 11.6. The summed E-state index contributed by atoms with van der Waals surface area (Å²) < 4.78 is 29.0. The largest absolute Gasteiger partial charge is 0.378 e. The third kappa shape index (κ3) is 15.6. The van der Waals surface area contributed by atoms with Gasteiger partial charge in [0.25, 0.3) is 0 Å². The van der Waals surface area contributed by atoms with Crippen molar-refractivity contribution >= 4 is 0 Å². The summed E-state index contributed by atoms with van der Waals surface area (Å²) >= 11 is 0. The molecule has 9 nitrogen and oxygen atoms in total. The minimum Gasteiger partial charge on any atom is -0.378 e. The number of nitrogens with zero attached hydrogens (tertiary/aromatic N) is 3. The number of hydrogen-bond donors (Lipinski definition) is 1. The Morgan fingerprint density at radius 1 is 0.815 bits per heavy atom. The highest BCUT2D eigenvalue weighted by Gasteiger charge is 1.96. The van der Waals surface area contributed by atoms with Crippen LogP contribution in [0.25, 0.3) is 0 Å². The molecular weight excluding hydrogens is 352 g/mol. The summed E-state index contributed by atoms with van der Waals surface area (Å²) in [5, 5.41) is 11.2. The molecule has 0 bridgehead atoms. The van der Waals surface area contributed by atoms with E-state index in [1.807, 2.05) is 13.1 Å². The summed E-state index contributed by atoms with van der Waals surface area (Å²) in [6.07, 6.45) is 1.89. The van der Waals surface area contributed by atoms with Gasteiger partial charge in [0.15, 0.2) is 0 Å². The van der Waals surface area contributed by atoms with Gasteiger partial charge < -0.3 is 29.0 Å². The van der Waals surface area contributed by atoms with Crippen molar-refractivity contribution in [3.63, 3.8) is 0 Å². The second-order valence-corrected chi connectivity index (χ2v) is 6.29. The van der Waals surface area contributed by atoms with Crippen molar-refractivity contribution in [3.05, 3.63) is 11.9 Å². The number of ether oxygens (including phenoxy) is 5. The monoisotopic (exact) mass is 388 g/mol. The van der Waals surface area contributed by atoms with E-state index in [1.165, 1.54) is 0 Å². The molecule has 0 atom stereocenters. The van der Waals surface area contributed by atoms with Crippen molar-refractivity contribution in [3.8, 4) is 0 Å². The predicted octanol–water partition coefficient (Wildman–Crippen LogP) is 0.668. The van der Waals surface area contributed by atoms with Gasteiger partial charge in [-0.25, -0.2) is 4.68 Å². The molecule has 1 rings (SSSR count). The Morgan fingerprint density at radius 2 is 1.30 bits per heavy atom. The van der Waals surface area contributed by atoms with E-state index in [0.29, 0.717) is 78.7 Å². The lowest BCUT2D eigenvalue weighted by molar-refractivity contribution is -0.0114. The van der Waals surface area contributed by atoms with E-state index in [4.69, 9.17) is 23.7 Å². The predicted molar refractivity (Wildman–Crippen MR) is 102 cm³/mol. The molecular formula is C18H36N4O5. The van der Waals surface area contributed by atoms with Crippen LogP contribution >= 0.6 is 0 Å². The molecule has 0 spiro atoms. The van der Waals surface area contributed by atoms with Gasteiger partial charge in [-0.3, -0.25) is 0 Å². The highest BCUT2D eigenvalue weighted by atomic mass is 16.6. The molecule has 0 unspecified atom stereocenters. The highest BCUT2D eigenvalue weighted by Crippen LogP contribution is 1.90. The van der Waals surface area contributed by atoms with Gasteiger partial charge in [0.2, 0.25) is 0 Å². The Bertz CT molecular complexity index is 445. The summed E-state index contributed by atoms with van der Waals surface area (Å²) in [5.41, 5.74) is 0.909. The average Bonchev–Trinajstić information content (AvgIpc) is 3.05. The highest BCUT2D eigenvalue weighted by molar-refractivity contribution is 4.86. The number of rotatable bonds is 19. The maximum atomic E-state index is 5.48. The van der Waals surface area contributed by atoms with Crippen LogP contribution in [-0.4, -0.2) is 93.6 Å². The van der Waals surface area contributed by atoms with E-state index in [9.17, 15) is 0 Å². The number of aryl methyl sites for hydroxylation is 1. The molecule has 0 amide bonds. The average molecular weight is 389 g/mol. The second kappa shape index (κ2) is 17.0. The van der Waals surface area contributed by atoms with Crippen LogP contribution in [-0.2, 0) is 30.2 Å². The number of hydrogen-bond acceptors (Lipinski definition) is 8. The minimum absolute atomic E-state index is 0.494. The maximum Gasteiger partial charge on any atom is 0.0796 e. The van der Waals surface area contributed by atoms with E-state index in [1.54, 1.807) is 4.68 Å². The van der Waals surface area contributed by atoms with Gasteiger partial charge in [-0.05, 0) is 6.92 Å². The lowest BCUT2D eigenvalue weighted by Gasteiger charge is -2.09. The summed E-state index contributed by atoms with van der Waals surface area (Å²) in [6, 6.07) is 0.494. The van der Waals surface area contributed by atoms with Crippen molar-refractivity contribution in [1.29, 1.82) is 0 Å². The maximum absolute atomic E-state index is 5.48. The summed E-state index contributed by atoms with van der Waals surface area (Å²) in [6.45, 7) is 13.6. The fourth-order valence-corrected chi connectivity index (χ4v) is 2.06. The van der Waals surface area contributed by atoms with Crippen LogP contribution in [0.15, 0.2) is 6.20 Å². The van der Waals surface area contributed by atoms with Gasteiger partial charge in [0, 0.05) is 18.8 Å². The van der Waals surface area contributed by atoms with E-state index < -0.39 is 0 Å². The number of aromatic nitrogens is 3. The van der Waals surface area contributed by atoms with Crippen LogP contribution < -0.4 is 5.32 Å². The molecule has 0 aliphatic carbocycles. The molecule has 1 heterocycles. The van der Waals surface area contributed by atoms with Crippen LogP contribution in [0.3, 0.4) is 0 Å².